The van der Waals surface area contributed by atoms with Gasteiger partial charge in [0, 0.05) is 12.8 Å². The number of carbonyl (C=O) groups is 2. The summed E-state index contributed by atoms with van der Waals surface area (Å²) in [5.74, 6) is -1.04. The summed E-state index contributed by atoms with van der Waals surface area (Å²) in [7, 11) is -4.77. The van der Waals surface area contributed by atoms with E-state index >= 15 is 0 Å². The molecule has 2 atom stereocenters. The van der Waals surface area contributed by atoms with Crippen molar-refractivity contribution >= 4 is 19.8 Å². The Morgan fingerprint density at radius 1 is 0.756 bits per heavy atom. The highest BCUT2D eigenvalue weighted by molar-refractivity contribution is 7.46. The Balaban J connectivity index is 4.26. The minimum Gasteiger partial charge on any atom is -0.462 e. The van der Waals surface area contributed by atoms with E-state index in [1.165, 1.54) is 19.3 Å². The zero-order valence-electron chi connectivity index (χ0n) is 25.0. The number of allylic oxidation sites excluding steroid dienone is 6. The first-order chi connectivity index (χ1) is 19.7. The van der Waals surface area contributed by atoms with E-state index in [-0.39, 0.29) is 19.4 Å². The molecule has 0 aliphatic rings. The molecule has 0 aliphatic carbocycles. The molecule has 0 radical (unpaired) electrons. The highest BCUT2D eigenvalue weighted by Crippen LogP contribution is 2.35. The van der Waals surface area contributed by atoms with Gasteiger partial charge in [0.05, 0.1) is 12.7 Å². The van der Waals surface area contributed by atoms with Crippen molar-refractivity contribution in [3.8, 4) is 0 Å². The number of phosphoric ester groups is 1. The van der Waals surface area contributed by atoms with Crippen molar-refractivity contribution in [2.24, 2.45) is 0 Å². The van der Waals surface area contributed by atoms with E-state index in [0.29, 0.717) is 25.7 Å². The lowest BCUT2D eigenvalue weighted by molar-refractivity contribution is -0.161. The van der Waals surface area contributed by atoms with Crippen LogP contribution < -0.4 is 0 Å². The second-order valence-electron chi connectivity index (χ2n) is 9.93. The number of aliphatic hydroxyl groups excluding tert-OH is 1. The van der Waals surface area contributed by atoms with E-state index < -0.39 is 38.6 Å². The predicted octanol–water partition coefficient (Wildman–Crippen LogP) is 7.03. The quantitative estimate of drug-likeness (QED) is 0.0314. The van der Waals surface area contributed by atoms with Crippen LogP contribution in [0.1, 0.15) is 110 Å². The molecule has 0 fully saturated rings. The molecule has 0 amide bonds. The molecule has 0 saturated carbocycles. The standard InChI is InChI=1S/C31H53O9P/c1-3-5-7-9-10-11-12-15-18-22-28(32)23-19-16-13-17-21-25-31(34)40-29(27-39-41(35,36)37)26-38-30(33)24-20-14-8-6-4-2/h10-11,13,15-16,18-19,23,28-29,32H,3-9,12,14,17,20-22,24-27H2,1-2H3,(H2,35,36,37)/b11-10-,16-13+,18-15-,23-19-/t28?,29-/m1/s1. The predicted molar refractivity (Wildman–Crippen MR) is 162 cm³/mol. The molecule has 9 nitrogen and oxygen atoms in total. The highest BCUT2D eigenvalue weighted by Gasteiger charge is 2.22. The number of aliphatic hydroxyl groups is 1. The van der Waals surface area contributed by atoms with E-state index in [1.807, 2.05) is 18.2 Å². The molecule has 0 aromatic heterocycles. The summed E-state index contributed by atoms with van der Waals surface area (Å²) in [6.07, 6.45) is 26.3. The van der Waals surface area contributed by atoms with Crippen LogP contribution in [0.25, 0.3) is 0 Å². The van der Waals surface area contributed by atoms with Crippen molar-refractivity contribution in [3.05, 3.63) is 48.6 Å². The average molecular weight is 601 g/mol. The topological polar surface area (TPSA) is 140 Å². The summed E-state index contributed by atoms with van der Waals surface area (Å²) < 4.78 is 25.9. The second-order valence-corrected chi connectivity index (χ2v) is 11.2. The summed E-state index contributed by atoms with van der Waals surface area (Å²) in [6.45, 7) is 3.38. The molecule has 1 unspecified atom stereocenters. The Morgan fingerprint density at radius 2 is 1.41 bits per heavy atom. The maximum atomic E-state index is 12.2. The van der Waals surface area contributed by atoms with Gasteiger partial charge in [0.2, 0.25) is 0 Å². The second kappa shape index (κ2) is 26.8. The van der Waals surface area contributed by atoms with Crippen LogP contribution in [0, 0.1) is 0 Å². The van der Waals surface area contributed by atoms with Gasteiger partial charge < -0.3 is 24.4 Å². The fraction of sp³-hybridized carbons (Fsp3) is 0.677. The Morgan fingerprint density at radius 3 is 2.15 bits per heavy atom. The maximum absolute atomic E-state index is 12.2. The first-order valence-electron chi connectivity index (χ1n) is 15.0. The minimum atomic E-state index is -4.77. The summed E-state index contributed by atoms with van der Waals surface area (Å²) >= 11 is 0. The maximum Gasteiger partial charge on any atom is 0.469 e. The molecule has 0 heterocycles. The van der Waals surface area contributed by atoms with Crippen molar-refractivity contribution in [1.82, 2.24) is 0 Å². The molecule has 0 aliphatic heterocycles. The number of rotatable bonds is 26. The van der Waals surface area contributed by atoms with Crippen LogP contribution in [0.2, 0.25) is 0 Å². The third-order valence-electron chi connectivity index (χ3n) is 5.93. The lowest BCUT2D eigenvalue weighted by Gasteiger charge is -2.18. The number of unbranched alkanes of at least 4 members (excludes halogenated alkanes) is 8. The van der Waals surface area contributed by atoms with Crippen molar-refractivity contribution in [2.45, 2.75) is 122 Å². The van der Waals surface area contributed by atoms with Gasteiger partial charge in [0.15, 0.2) is 6.10 Å². The SMILES string of the molecule is CCCCC/C=C\C/C=C\CC(O)/C=C\C=C\CCCC(=O)O[C@H](COC(=O)CCCCCCC)COP(=O)(O)O. The number of phosphoric acid groups is 1. The number of carbonyl (C=O) groups excluding carboxylic acids is 2. The van der Waals surface area contributed by atoms with Gasteiger partial charge in [-0.05, 0) is 44.9 Å². The molecule has 0 aromatic rings. The van der Waals surface area contributed by atoms with E-state index in [2.05, 4.69) is 30.5 Å². The van der Waals surface area contributed by atoms with Crippen molar-refractivity contribution in [2.75, 3.05) is 13.2 Å². The molecule has 0 spiro atoms. The Kier molecular flexibility index (Phi) is 25.5. The monoisotopic (exact) mass is 600 g/mol. The fourth-order valence-corrected chi connectivity index (χ4v) is 3.98. The molecular formula is C31H53O9P. The van der Waals surface area contributed by atoms with Crippen LogP contribution in [0.3, 0.4) is 0 Å². The van der Waals surface area contributed by atoms with Gasteiger partial charge in [-0.1, -0.05) is 101 Å². The number of hydrogen-bond donors (Lipinski definition) is 3. The zero-order valence-corrected chi connectivity index (χ0v) is 25.9. The molecule has 10 heteroatoms. The van der Waals surface area contributed by atoms with Crippen LogP contribution in [0.4, 0.5) is 0 Å². The van der Waals surface area contributed by atoms with Crippen molar-refractivity contribution in [3.63, 3.8) is 0 Å². The Hall–Kier alpha value is -2.03. The third-order valence-corrected chi connectivity index (χ3v) is 6.42. The number of hydrogen-bond acceptors (Lipinski definition) is 7. The zero-order chi connectivity index (χ0) is 30.6. The van der Waals surface area contributed by atoms with E-state index in [9.17, 15) is 19.3 Å². The molecule has 0 aromatic carbocycles. The van der Waals surface area contributed by atoms with Gasteiger partial charge in [-0.3, -0.25) is 14.1 Å². The molecule has 0 bridgehead atoms. The lowest BCUT2D eigenvalue weighted by Crippen LogP contribution is -2.29. The van der Waals surface area contributed by atoms with E-state index in [1.54, 1.807) is 18.2 Å². The van der Waals surface area contributed by atoms with E-state index in [0.717, 1.165) is 38.5 Å². The third kappa shape index (κ3) is 29.3. The van der Waals surface area contributed by atoms with Crippen LogP contribution in [-0.2, 0) is 28.2 Å². The van der Waals surface area contributed by atoms with Gasteiger partial charge in [0.1, 0.15) is 6.61 Å². The number of esters is 2. The molecule has 0 rings (SSSR count). The number of ether oxygens (including phenoxy) is 2. The summed E-state index contributed by atoms with van der Waals surface area (Å²) in [5, 5.41) is 10.0. The van der Waals surface area contributed by atoms with E-state index in [4.69, 9.17) is 19.3 Å². The molecule has 0 saturated heterocycles. The van der Waals surface area contributed by atoms with Gasteiger partial charge in [-0.25, -0.2) is 4.57 Å². The molecule has 41 heavy (non-hydrogen) atoms. The summed E-state index contributed by atoms with van der Waals surface area (Å²) in [4.78, 5) is 42.1. The normalized spacial score (nSPS) is 14.0. The van der Waals surface area contributed by atoms with Gasteiger partial charge in [0.25, 0.3) is 0 Å². The van der Waals surface area contributed by atoms with Crippen molar-refractivity contribution < 1.29 is 43.0 Å². The van der Waals surface area contributed by atoms with Gasteiger partial charge in [-0.15, -0.1) is 0 Å². The van der Waals surface area contributed by atoms with Crippen LogP contribution >= 0.6 is 7.82 Å². The van der Waals surface area contributed by atoms with Gasteiger partial charge >= 0.3 is 19.8 Å². The fourth-order valence-electron chi connectivity index (χ4n) is 3.62. The first-order valence-corrected chi connectivity index (χ1v) is 16.6. The summed E-state index contributed by atoms with van der Waals surface area (Å²) in [5.41, 5.74) is 0. The smallest absolute Gasteiger partial charge is 0.462 e. The lowest BCUT2D eigenvalue weighted by atomic mass is 10.1. The van der Waals surface area contributed by atoms with Crippen LogP contribution in [0.15, 0.2) is 48.6 Å². The van der Waals surface area contributed by atoms with Crippen LogP contribution in [-0.4, -0.2) is 52.3 Å². The largest absolute Gasteiger partial charge is 0.469 e. The summed E-state index contributed by atoms with van der Waals surface area (Å²) in [6, 6.07) is 0. The highest BCUT2D eigenvalue weighted by atomic mass is 31.2. The first kappa shape index (κ1) is 39.0. The molecular weight excluding hydrogens is 547 g/mol. The minimum absolute atomic E-state index is 0.0757. The molecule has 3 N–H and O–H groups in total. The van der Waals surface area contributed by atoms with Crippen molar-refractivity contribution in [1.29, 1.82) is 0 Å². The Labute approximate surface area is 247 Å². The van der Waals surface area contributed by atoms with Gasteiger partial charge in [-0.2, -0.15) is 0 Å². The average Bonchev–Trinajstić information content (AvgIpc) is 2.92. The Bertz CT molecular complexity index is 829. The molecule has 236 valence electrons. The van der Waals surface area contributed by atoms with Crippen LogP contribution in [0.5, 0.6) is 0 Å².